The van der Waals surface area contributed by atoms with Gasteiger partial charge in [0.25, 0.3) is 0 Å². The number of methoxy groups -OCH3 is 1. The van der Waals surface area contributed by atoms with Gasteiger partial charge < -0.3 is 25.4 Å². The first-order valence-electron chi connectivity index (χ1n) is 14.7. The second kappa shape index (κ2) is 13.9. The molecule has 4 aliphatic heterocycles. The van der Waals surface area contributed by atoms with Gasteiger partial charge in [-0.2, -0.15) is 4.31 Å². The maximum Gasteiger partial charge on any atom is 0.407 e. The van der Waals surface area contributed by atoms with Crippen molar-refractivity contribution < 1.29 is 27.5 Å². The molecular weight excluding hydrogens is 582 g/mol. The molecule has 1 aromatic carbocycles. The molecule has 4 heterocycles. The number of nitrogens with one attached hydrogen (secondary N) is 3. The molecule has 2 unspecified atom stereocenters. The van der Waals surface area contributed by atoms with Gasteiger partial charge in [-0.3, -0.25) is 9.79 Å². The van der Waals surface area contributed by atoms with Gasteiger partial charge in [-0.15, -0.1) is 0 Å². The minimum absolute atomic E-state index is 0.0803. The van der Waals surface area contributed by atoms with E-state index in [1.54, 1.807) is 22.7 Å². The molecule has 3 saturated heterocycles. The molecule has 230 valence electrons. The molecule has 11 nitrogen and oxygen atoms in total. The molecular formula is C29H40ClN5O6S. The van der Waals surface area contributed by atoms with E-state index in [0.29, 0.717) is 62.8 Å². The zero-order valence-electron chi connectivity index (χ0n) is 23.9. The third kappa shape index (κ3) is 7.34. The highest BCUT2D eigenvalue weighted by molar-refractivity contribution is 7.89. The summed E-state index contributed by atoms with van der Waals surface area (Å²) in [7, 11) is -2.02. The first-order chi connectivity index (χ1) is 20.2. The first-order valence-corrected chi connectivity index (χ1v) is 16.7. The van der Waals surface area contributed by atoms with E-state index in [-0.39, 0.29) is 35.6 Å². The molecule has 13 heteroatoms. The van der Waals surface area contributed by atoms with Gasteiger partial charge in [0, 0.05) is 55.5 Å². The Morgan fingerprint density at radius 2 is 1.98 bits per heavy atom. The molecule has 1 aromatic rings. The van der Waals surface area contributed by atoms with Crippen molar-refractivity contribution in [2.75, 3.05) is 45.7 Å². The third-order valence-corrected chi connectivity index (χ3v) is 11.0. The van der Waals surface area contributed by atoms with Crippen LogP contribution in [0.25, 0.3) is 0 Å². The molecule has 42 heavy (non-hydrogen) atoms. The highest BCUT2D eigenvalue weighted by Crippen LogP contribution is 2.36. The Kier molecular flexibility index (Phi) is 10.2. The number of carbonyl (C=O) groups is 2. The molecule has 0 aliphatic carbocycles. The zero-order chi connectivity index (χ0) is 29.7. The number of rotatable bonds is 9. The third-order valence-electron chi connectivity index (χ3n) is 8.81. The largest absolute Gasteiger partial charge is 0.453 e. The molecule has 0 aromatic heterocycles. The minimum Gasteiger partial charge on any atom is -0.453 e. The Labute approximate surface area is 252 Å². The number of halogens is 1. The van der Waals surface area contributed by atoms with Gasteiger partial charge in [-0.05, 0) is 67.7 Å². The van der Waals surface area contributed by atoms with Gasteiger partial charge in [0.05, 0.1) is 25.1 Å². The fraction of sp³-hybridized carbons (Fsp3) is 0.621. The van der Waals surface area contributed by atoms with E-state index in [1.807, 2.05) is 12.1 Å². The Hall–Kier alpha value is -2.51. The van der Waals surface area contributed by atoms with Crippen molar-refractivity contribution in [2.45, 2.75) is 62.6 Å². The summed E-state index contributed by atoms with van der Waals surface area (Å²) in [5.41, 5.74) is 2.42. The van der Waals surface area contributed by atoms with E-state index in [0.717, 1.165) is 30.4 Å². The maximum absolute atomic E-state index is 14.0. The predicted molar refractivity (Wildman–Crippen MR) is 160 cm³/mol. The number of ether oxygens (including phenoxy) is 2. The van der Waals surface area contributed by atoms with Crippen molar-refractivity contribution >= 4 is 39.8 Å². The standard InChI is InChI=1S/C29H40ClN5O6S/c1-40-29(37)34-27(26(20-10-12-41-13-11-20)19-4-7-22(30)8-5-19)28(36)33-25-17-31-15-21(25)6-9-24-16-32-23-3-2-14-42(38,39)35(24)18-23/h4-5,7-8,17,20,23-24,26-27,32H,2-3,6,9-16,18H2,1H3,(H,33,36)(H,34,37)/t23-,24+,26?,27+/m1/s1. The molecule has 5 rings (SSSR count). The highest BCUT2D eigenvalue weighted by Gasteiger charge is 2.40. The van der Waals surface area contributed by atoms with Crippen LogP contribution in [0.15, 0.2) is 40.5 Å². The zero-order valence-corrected chi connectivity index (χ0v) is 25.5. The van der Waals surface area contributed by atoms with E-state index in [2.05, 4.69) is 20.9 Å². The second-order valence-electron chi connectivity index (χ2n) is 11.4. The summed E-state index contributed by atoms with van der Waals surface area (Å²) in [6.45, 7) is 2.70. The number of alkyl carbamates (subject to hydrolysis) is 1. The molecule has 2 bridgehead atoms. The maximum atomic E-state index is 14.0. The number of carbonyl (C=O) groups excluding carboxylic acids is 2. The second-order valence-corrected chi connectivity index (χ2v) is 13.9. The van der Waals surface area contributed by atoms with Gasteiger partial charge in [-0.1, -0.05) is 23.7 Å². The first kappa shape index (κ1) is 30.9. The molecule has 3 fully saturated rings. The Bertz CT molecular complexity index is 1300. The number of nitrogens with zero attached hydrogens (tertiary/aromatic N) is 2. The predicted octanol–water partition coefficient (Wildman–Crippen LogP) is 2.58. The highest BCUT2D eigenvalue weighted by atomic mass is 35.5. The van der Waals surface area contributed by atoms with Crippen LogP contribution in [0.3, 0.4) is 0 Å². The average Bonchev–Trinajstić information content (AvgIpc) is 3.39. The van der Waals surface area contributed by atoms with Crippen molar-refractivity contribution in [3.63, 3.8) is 0 Å². The van der Waals surface area contributed by atoms with E-state index in [9.17, 15) is 18.0 Å². The molecule has 2 amide bonds. The van der Waals surface area contributed by atoms with Crippen LogP contribution in [0, 0.1) is 5.92 Å². The monoisotopic (exact) mass is 621 g/mol. The van der Waals surface area contributed by atoms with E-state index >= 15 is 0 Å². The summed E-state index contributed by atoms with van der Waals surface area (Å²) < 4.78 is 38.0. The van der Waals surface area contributed by atoms with Crippen LogP contribution in [-0.4, -0.2) is 94.8 Å². The van der Waals surface area contributed by atoms with Gasteiger partial charge in [0.1, 0.15) is 6.04 Å². The smallest absolute Gasteiger partial charge is 0.407 e. The molecule has 0 radical (unpaired) electrons. The fourth-order valence-corrected chi connectivity index (χ4v) is 8.49. The summed E-state index contributed by atoms with van der Waals surface area (Å²) in [5, 5.41) is 9.91. The topological polar surface area (TPSA) is 138 Å². The van der Waals surface area contributed by atoms with Crippen molar-refractivity contribution in [1.29, 1.82) is 0 Å². The number of sulfonamides is 1. The summed E-state index contributed by atoms with van der Waals surface area (Å²) in [6, 6.07) is 6.48. The molecule has 5 atom stereocenters. The van der Waals surface area contributed by atoms with Crippen LogP contribution >= 0.6 is 11.6 Å². The normalized spacial score (nSPS) is 27.1. The van der Waals surface area contributed by atoms with Crippen molar-refractivity contribution in [2.24, 2.45) is 10.9 Å². The average molecular weight is 622 g/mol. The number of aliphatic imine (C=N–C) groups is 1. The van der Waals surface area contributed by atoms with E-state index in [4.69, 9.17) is 21.1 Å². The number of fused-ring (bicyclic) bond motifs is 2. The van der Waals surface area contributed by atoms with E-state index < -0.39 is 22.2 Å². The van der Waals surface area contributed by atoms with Crippen molar-refractivity contribution in [1.82, 2.24) is 20.3 Å². The minimum atomic E-state index is -3.29. The lowest BCUT2D eigenvalue weighted by Crippen LogP contribution is -2.57. The van der Waals surface area contributed by atoms with Crippen LogP contribution in [0.1, 0.15) is 50.0 Å². The SMILES string of the molecule is COC(=O)N[C@H](C(=O)NC1=C(CC[C@H]2CN[C@@H]3CCCS(=O)(=O)N2C3)CN=C1)C(c1ccc(Cl)cc1)C1CCOCC1. The quantitative estimate of drug-likeness (QED) is 0.385. The Morgan fingerprint density at radius 3 is 2.71 bits per heavy atom. The Morgan fingerprint density at radius 1 is 1.21 bits per heavy atom. The summed E-state index contributed by atoms with van der Waals surface area (Å²) in [5.74, 6) is -0.450. The number of hydrogen-bond acceptors (Lipinski definition) is 8. The summed E-state index contributed by atoms with van der Waals surface area (Å²) in [4.78, 5) is 30.8. The fourth-order valence-electron chi connectivity index (χ4n) is 6.56. The lowest BCUT2D eigenvalue weighted by molar-refractivity contribution is -0.123. The number of hydrogen-bond donors (Lipinski definition) is 3. The number of allylic oxidation sites excluding steroid dienone is 1. The van der Waals surface area contributed by atoms with Gasteiger partial charge in [-0.25, -0.2) is 13.2 Å². The van der Waals surface area contributed by atoms with Crippen LogP contribution in [0.4, 0.5) is 4.79 Å². The van der Waals surface area contributed by atoms with Crippen LogP contribution in [0.2, 0.25) is 5.02 Å². The number of piperazine rings is 1. The lowest BCUT2D eigenvalue weighted by atomic mass is 9.76. The summed E-state index contributed by atoms with van der Waals surface area (Å²) >= 11 is 6.17. The van der Waals surface area contributed by atoms with E-state index in [1.165, 1.54) is 7.11 Å². The molecule has 4 aliphatic rings. The molecule has 3 N–H and O–H groups in total. The molecule has 0 saturated carbocycles. The lowest BCUT2D eigenvalue weighted by Gasteiger charge is -2.37. The van der Waals surface area contributed by atoms with Gasteiger partial charge in [0.2, 0.25) is 15.9 Å². The number of amides is 2. The van der Waals surface area contributed by atoms with Gasteiger partial charge >= 0.3 is 6.09 Å². The van der Waals surface area contributed by atoms with Crippen LogP contribution < -0.4 is 16.0 Å². The molecule has 0 spiro atoms. The Balaban J connectivity index is 1.35. The van der Waals surface area contributed by atoms with Gasteiger partial charge in [0.15, 0.2) is 0 Å². The summed E-state index contributed by atoms with van der Waals surface area (Å²) in [6.07, 6.45) is 5.18. The van der Waals surface area contributed by atoms with Crippen molar-refractivity contribution in [3.05, 3.63) is 46.1 Å². The van der Waals surface area contributed by atoms with Crippen LogP contribution in [-0.2, 0) is 24.3 Å². The van der Waals surface area contributed by atoms with Crippen LogP contribution in [0.5, 0.6) is 0 Å². The van der Waals surface area contributed by atoms with Crippen molar-refractivity contribution in [3.8, 4) is 0 Å². The number of benzene rings is 1.